The van der Waals surface area contributed by atoms with Gasteiger partial charge in [-0.3, -0.25) is 14.6 Å². The number of pyridine rings is 1. The van der Waals surface area contributed by atoms with Crippen molar-refractivity contribution in [3.05, 3.63) is 70.6 Å². The molecule has 4 fully saturated rings. The van der Waals surface area contributed by atoms with Crippen LogP contribution in [0.5, 0.6) is 0 Å². The summed E-state index contributed by atoms with van der Waals surface area (Å²) in [4.78, 5) is 28.4. The Labute approximate surface area is 312 Å². The highest BCUT2D eigenvalue weighted by atomic mass is 16.5. The third-order valence-corrected chi connectivity index (χ3v) is 17.3. The number of carbonyl (C=O) groups is 2. The minimum absolute atomic E-state index is 0.0434. The standard InChI is InChI=1S/C47H61NO4/c1-28(49)51-33-15-19-44(3)31(24-33)9-11-35-38-13-14-39(46(38,5)21-17-40(35)44)37-26-42-36-12-10-32-25-34(52-29(2)50)16-20-45(32,4)41(36)18-22-47(42,6)43(37)30-8-7-23-48-27-30/h7-10,14,23,27,33-36,38,40-42H,11-13,15-22,24-26H2,1-6H3/t33-,34-,35?,36?,38?,40?,41?,42?,44-,45-,46?,47-/m0/s1. The molecule has 9 rings (SSSR count). The second kappa shape index (κ2) is 12.3. The van der Waals surface area contributed by atoms with E-state index in [4.69, 9.17) is 14.5 Å². The minimum Gasteiger partial charge on any atom is -0.462 e. The Hall–Kier alpha value is -2.95. The summed E-state index contributed by atoms with van der Waals surface area (Å²) in [5.74, 6) is 3.81. The average Bonchev–Trinajstić information content (AvgIpc) is 3.62. The van der Waals surface area contributed by atoms with Crippen LogP contribution in [0.1, 0.15) is 137 Å². The molecule has 8 aliphatic rings. The van der Waals surface area contributed by atoms with Crippen LogP contribution in [-0.2, 0) is 19.1 Å². The van der Waals surface area contributed by atoms with E-state index in [2.05, 4.69) is 64.3 Å². The summed E-state index contributed by atoms with van der Waals surface area (Å²) in [6.07, 6.45) is 28.0. The van der Waals surface area contributed by atoms with Gasteiger partial charge in [0.1, 0.15) is 12.2 Å². The van der Waals surface area contributed by atoms with Gasteiger partial charge < -0.3 is 9.47 Å². The third-order valence-electron chi connectivity index (χ3n) is 17.3. The largest absolute Gasteiger partial charge is 0.462 e. The van der Waals surface area contributed by atoms with Crippen LogP contribution in [0.2, 0.25) is 0 Å². The van der Waals surface area contributed by atoms with Crippen molar-refractivity contribution in [2.45, 2.75) is 144 Å². The van der Waals surface area contributed by atoms with Gasteiger partial charge in [0, 0.05) is 39.1 Å². The lowest BCUT2D eigenvalue weighted by Gasteiger charge is -2.58. The second-order valence-corrected chi connectivity index (χ2v) is 19.5. The summed E-state index contributed by atoms with van der Waals surface area (Å²) in [7, 11) is 0. The molecule has 0 amide bonds. The first-order valence-corrected chi connectivity index (χ1v) is 20.9. The Morgan fingerprint density at radius 3 is 1.77 bits per heavy atom. The summed E-state index contributed by atoms with van der Waals surface area (Å²) < 4.78 is 11.5. The average molecular weight is 704 g/mol. The highest BCUT2D eigenvalue weighted by Gasteiger charge is 2.62. The first-order chi connectivity index (χ1) is 24.8. The summed E-state index contributed by atoms with van der Waals surface area (Å²) in [6.45, 7) is 13.5. The van der Waals surface area contributed by atoms with Crippen molar-refractivity contribution < 1.29 is 19.1 Å². The summed E-state index contributed by atoms with van der Waals surface area (Å²) in [6, 6.07) is 4.51. The van der Waals surface area contributed by atoms with Gasteiger partial charge in [-0.1, -0.05) is 63.1 Å². The first kappa shape index (κ1) is 34.8. The number of allylic oxidation sites excluding steroid dienone is 6. The molecule has 0 N–H and O–H groups in total. The molecule has 0 bridgehead atoms. The van der Waals surface area contributed by atoms with E-state index in [9.17, 15) is 9.59 Å². The van der Waals surface area contributed by atoms with Gasteiger partial charge in [-0.05, 0) is 163 Å². The maximum atomic E-state index is 11.8. The lowest BCUT2D eigenvalue weighted by atomic mass is 9.47. The smallest absolute Gasteiger partial charge is 0.302 e. The molecular weight excluding hydrogens is 643 g/mol. The zero-order valence-electron chi connectivity index (χ0n) is 32.6. The van der Waals surface area contributed by atoms with Crippen molar-refractivity contribution >= 4 is 17.5 Å². The maximum Gasteiger partial charge on any atom is 0.302 e. The number of nitrogens with zero attached hydrogens (tertiary/aromatic N) is 1. The molecule has 8 aliphatic carbocycles. The van der Waals surface area contributed by atoms with Crippen molar-refractivity contribution in [1.82, 2.24) is 4.98 Å². The Balaban J connectivity index is 1.03. The normalized spacial score (nSPS) is 44.8. The number of aromatic nitrogens is 1. The Morgan fingerprint density at radius 1 is 0.654 bits per heavy atom. The maximum absolute atomic E-state index is 11.8. The van der Waals surface area contributed by atoms with Gasteiger partial charge >= 0.3 is 11.9 Å². The topological polar surface area (TPSA) is 65.5 Å². The third kappa shape index (κ3) is 5.09. The fourth-order valence-electron chi connectivity index (χ4n) is 14.9. The van der Waals surface area contributed by atoms with Crippen molar-refractivity contribution in [3.63, 3.8) is 0 Å². The van der Waals surface area contributed by atoms with E-state index in [1.807, 2.05) is 6.20 Å². The number of hydrogen-bond donors (Lipinski definition) is 0. The number of esters is 2. The highest BCUT2D eigenvalue weighted by Crippen LogP contribution is 2.72. The zero-order chi connectivity index (χ0) is 36.2. The SMILES string of the molecule is CC(=O)O[C@H]1CC[C@@]2(C)C(=CCC3C4CC=C(C5=C(c6cccnc6)[C@@]6(C)CCC7C(CC=C8C[C@@H](OC(C)=O)CC[C@@]87C)C6C5)C4(C)CCC32)C1. The molecule has 5 heteroatoms. The fourth-order valence-corrected chi connectivity index (χ4v) is 14.9. The van der Waals surface area contributed by atoms with Crippen LogP contribution in [0.15, 0.2) is 65.0 Å². The van der Waals surface area contributed by atoms with E-state index in [-0.39, 0.29) is 45.8 Å². The molecule has 1 aromatic heterocycles. The van der Waals surface area contributed by atoms with E-state index < -0.39 is 0 Å². The van der Waals surface area contributed by atoms with E-state index in [0.717, 1.165) is 44.9 Å². The van der Waals surface area contributed by atoms with Gasteiger partial charge in [0.25, 0.3) is 0 Å². The van der Waals surface area contributed by atoms with Crippen LogP contribution in [0, 0.1) is 57.2 Å². The molecule has 0 aliphatic heterocycles. The van der Waals surface area contributed by atoms with Crippen molar-refractivity contribution in [1.29, 1.82) is 0 Å². The fraction of sp³-hybridized carbons (Fsp3) is 0.681. The van der Waals surface area contributed by atoms with E-state index in [1.54, 1.807) is 41.7 Å². The molecule has 52 heavy (non-hydrogen) atoms. The van der Waals surface area contributed by atoms with E-state index >= 15 is 0 Å². The first-order valence-electron chi connectivity index (χ1n) is 20.9. The summed E-state index contributed by atoms with van der Waals surface area (Å²) in [5, 5.41) is 0. The van der Waals surface area contributed by atoms with Crippen LogP contribution in [0.4, 0.5) is 0 Å². The molecular formula is C47H61NO4. The quantitative estimate of drug-likeness (QED) is 0.231. The molecule has 7 unspecified atom stereocenters. The van der Waals surface area contributed by atoms with E-state index in [1.165, 1.54) is 50.5 Å². The van der Waals surface area contributed by atoms with Gasteiger partial charge in [-0.2, -0.15) is 0 Å². The molecule has 1 aromatic rings. The predicted molar refractivity (Wildman–Crippen MR) is 205 cm³/mol. The van der Waals surface area contributed by atoms with Crippen LogP contribution >= 0.6 is 0 Å². The number of ether oxygens (including phenoxy) is 2. The minimum atomic E-state index is -0.142. The summed E-state index contributed by atoms with van der Waals surface area (Å²) >= 11 is 0. The lowest BCUT2D eigenvalue weighted by molar-refractivity contribution is -0.149. The molecule has 278 valence electrons. The molecule has 0 saturated heterocycles. The van der Waals surface area contributed by atoms with Gasteiger partial charge in [0.05, 0.1) is 0 Å². The molecule has 0 aromatic carbocycles. The van der Waals surface area contributed by atoms with E-state index in [0.29, 0.717) is 35.5 Å². The number of carbonyl (C=O) groups excluding carboxylic acids is 2. The van der Waals surface area contributed by atoms with Crippen molar-refractivity contribution in [3.8, 4) is 0 Å². The molecule has 1 heterocycles. The molecule has 12 atom stereocenters. The Morgan fingerprint density at radius 2 is 1.21 bits per heavy atom. The second-order valence-electron chi connectivity index (χ2n) is 19.5. The monoisotopic (exact) mass is 703 g/mol. The Kier molecular flexibility index (Phi) is 8.22. The lowest BCUT2D eigenvalue weighted by Crippen LogP contribution is -2.50. The molecule has 0 radical (unpaired) electrons. The Bertz CT molecular complexity index is 1790. The van der Waals surface area contributed by atoms with Gasteiger partial charge in [-0.15, -0.1) is 0 Å². The molecule has 0 spiro atoms. The van der Waals surface area contributed by atoms with Crippen LogP contribution in [0.25, 0.3) is 5.57 Å². The number of rotatable bonds is 4. The van der Waals surface area contributed by atoms with Crippen LogP contribution in [0.3, 0.4) is 0 Å². The van der Waals surface area contributed by atoms with Crippen LogP contribution < -0.4 is 0 Å². The van der Waals surface area contributed by atoms with Gasteiger partial charge in [0.2, 0.25) is 0 Å². The summed E-state index contributed by atoms with van der Waals surface area (Å²) in [5.41, 5.74) is 10.3. The number of fused-ring (bicyclic) bond motifs is 10. The molecule has 4 saturated carbocycles. The highest BCUT2D eigenvalue weighted by molar-refractivity contribution is 5.80. The van der Waals surface area contributed by atoms with Crippen LogP contribution in [-0.4, -0.2) is 29.1 Å². The predicted octanol–water partition coefficient (Wildman–Crippen LogP) is 10.8. The zero-order valence-corrected chi connectivity index (χ0v) is 32.6. The van der Waals surface area contributed by atoms with Crippen molar-refractivity contribution in [2.75, 3.05) is 0 Å². The van der Waals surface area contributed by atoms with Gasteiger partial charge in [-0.25, -0.2) is 0 Å². The number of hydrogen-bond acceptors (Lipinski definition) is 5. The van der Waals surface area contributed by atoms with Gasteiger partial charge in [0.15, 0.2) is 0 Å². The van der Waals surface area contributed by atoms with Crippen molar-refractivity contribution in [2.24, 2.45) is 57.2 Å². The molecule has 5 nitrogen and oxygen atoms in total.